The second-order valence-electron chi connectivity index (χ2n) is 6.11. The Balaban J connectivity index is 1.74. The van der Waals surface area contributed by atoms with E-state index in [-0.39, 0.29) is 17.7 Å². The first-order valence-corrected chi connectivity index (χ1v) is 10.7. The van der Waals surface area contributed by atoms with E-state index in [1.807, 2.05) is 18.2 Å². The number of nitrogens with one attached hydrogen (secondary N) is 1. The lowest BCUT2D eigenvalue weighted by atomic mass is 10.00. The van der Waals surface area contributed by atoms with Gasteiger partial charge in [0.1, 0.15) is 5.75 Å². The average Bonchev–Trinajstić information content (AvgIpc) is 2.54. The van der Waals surface area contributed by atoms with Crippen molar-refractivity contribution in [3.8, 4) is 5.75 Å². The molecule has 0 saturated carbocycles. The van der Waals surface area contributed by atoms with Crippen LogP contribution in [0.2, 0.25) is 0 Å². The third-order valence-corrected chi connectivity index (χ3v) is 5.31. The highest BCUT2D eigenvalue weighted by Gasteiger charge is 2.23. The first kappa shape index (κ1) is 17.9. The van der Waals surface area contributed by atoms with E-state index in [9.17, 15) is 13.2 Å². The van der Waals surface area contributed by atoms with Gasteiger partial charge in [0.2, 0.25) is 0 Å². The average molecular weight is 424 g/mol. The molecule has 132 valence electrons. The second-order valence-corrected chi connectivity index (χ2v) is 9.17. The van der Waals surface area contributed by atoms with Crippen LogP contribution < -0.4 is 10.1 Å². The molecule has 25 heavy (non-hydrogen) atoms. The predicted octanol–water partition coefficient (Wildman–Crippen LogP) is 3.25. The third kappa shape index (κ3) is 4.61. The highest BCUT2D eigenvalue weighted by molar-refractivity contribution is 9.10. The summed E-state index contributed by atoms with van der Waals surface area (Å²) in [5, 5.41) is 3.03. The molecule has 1 amide bonds. The molecule has 0 aliphatic carbocycles. The molecule has 0 fully saturated rings. The Labute approximate surface area is 155 Å². The van der Waals surface area contributed by atoms with Crippen LogP contribution in [0.4, 0.5) is 0 Å². The maximum atomic E-state index is 12.5. The number of sulfone groups is 1. The Morgan fingerprint density at radius 1 is 1.24 bits per heavy atom. The van der Waals surface area contributed by atoms with Gasteiger partial charge in [-0.1, -0.05) is 28.1 Å². The fourth-order valence-corrected chi connectivity index (χ4v) is 3.99. The van der Waals surface area contributed by atoms with Gasteiger partial charge in [-0.25, -0.2) is 8.42 Å². The largest absolute Gasteiger partial charge is 0.493 e. The number of amides is 1. The summed E-state index contributed by atoms with van der Waals surface area (Å²) >= 11 is 3.44. The van der Waals surface area contributed by atoms with Gasteiger partial charge < -0.3 is 10.1 Å². The van der Waals surface area contributed by atoms with Crippen LogP contribution in [0, 0.1) is 0 Å². The van der Waals surface area contributed by atoms with Crippen LogP contribution in [-0.2, 0) is 15.6 Å². The van der Waals surface area contributed by atoms with E-state index in [4.69, 9.17) is 4.74 Å². The molecular weight excluding hydrogens is 406 g/mol. The summed E-state index contributed by atoms with van der Waals surface area (Å²) in [4.78, 5) is 12.5. The number of benzene rings is 2. The van der Waals surface area contributed by atoms with Crippen molar-refractivity contribution in [2.24, 2.45) is 0 Å². The number of fused-ring (bicyclic) bond motifs is 1. The van der Waals surface area contributed by atoms with Crippen LogP contribution in [0.15, 0.2) is 46.9 Å². The van der Waals surface area contributed by atoms with Gasteiger partial charge in [-0.2, -0.15) is 0 Å². The molecule has 1 N–H and O–H groups in total. The van der Waals surface area contributed by atoms with Crippen LogP contribution in [0.1, 0.15) is 33.9 Å². The maximum Gasteiger partial charge on any atom is 0.251 e. The zero-order valence-corrected chi connectivity index (χ0v) is 16.1. The van der Waals surface area contributed by atoms with Crippen molar-refractivity contribution in [3.05, 3.63) is 63.6 Å². The smallest absolute Gasteiger partial charge is 0.251 e. The van der Waals surface area contributed by atoms with Crippen molar-refractivity contribution in [2.75, 3.05) is 12.9 Å². The van der Waals surface area contributed by atoms with Crippen molar-refractivity contribution in [1.82, 2.24) is 5.32 Å². The Bertz CT molecular complexity index is 894. The molecule has 1 heterocycles. The lowest BCUT2D eigenvalue weighted by Crippen LogP contribution is -2.32. The van der Waals surface area contributed by atoms with Crippen LogP contribution in [0.25, 0.3) is 0 Å². The Kier molecular flexibility index (Phi) is 5.15. The number of carbonyl (C=O) groups is 1. The topological polar surface area (TPSA) is 72.5 Å². The molecule has 0 radical (unpaired) electrons. The van der Waals surface area contributed by atoms with E-state index < -0.39 is 9.84 Å². The van der Waals surface area contributed by atoms with Crippen LogP contribution in [-0.4, -0.2) is 27.2 Å². The Morgan fingerprint density at radius 2 is 1.96 bits per heavy atom. The SMILES string of the molecule is CS(=O)(=O)Cc1ccc(C(=O)NC2CCOc3ccc(Br)cc32)cc1. The highest BCUT2D eigenvalue weighted by Crippen LogP contribution is 2.34. The molecule has 3 rings (SSSR count). The van der Waals surface area contributed by atoms with E-state index in [0.29, 0.717) is 24.2 Å². The normalized spacial score (nSPS) is 16.6. The number of halogens is 1. The highest BCUT2D eigenvalue weighted by atomic mass is 79.9. The second kappa shape index (κ2) is 7.17. The standard InChI is InChI=1S/C18H18BrNO4S/c1-25(22,23)11-12-2-4-13(5-3-12)18(21)20-16-8-9-24-17-7-6-14(19)10-15(16)17/h2-7,10,16H,8-9,11H2,1H3,(H,20,21). The minimum atomic E-state index is -3.09. The number of carbonyl (C=O) groups excluding carboxylic acids is 1. The fourth-order valence-electron chi connectivity index (χ4n) is 2.81. The molecule has 1 unspecified atom stereocenters. The molecule has 7 heteroatoms. The summed E-state index contributed by atoms with van der Waals surface area (Å²) in [5.41, 5.74) is 2.11. The van der Waals surface area contributed by atoms with E-state index in [1.54, 1.807) is 24.3 Å². The van der Waals surface area contributed by atoms with Crippen LogP contribution in [0.3, 0.4) is 0 Å². The van der Waals surface area contributed by atoms with Gasteiger partial charge in [0.25, 0.3) is 5.91 Å². The van der Waals surface area contributed by atoms with Gasteiger partial charge >= 0.3 is 0 Å². The maximum absolute atomic E-state index is 12.5. The zero-order chi connectivity index (χ0) is 18.0. The van der Waals surface area contributed by atoms with Crippen molar-refractivity contribution >= 4 is 31.7 Å². The summed E-state index contributed by atoms with van der Waals surface area (Å²) in [6.45, 7) is 0.548. The third-order valence-electron chi connectivity index (χ3n) is 3.96. The van der Waals surface area contributed by atoms with Crippen molar-refractivity contribution in [2.45, 2.75) is 18.2 Å². The van der Waals surface area contributed by atoms with Gasteiger partial charge in [-0.05, 0) is 35.9 Å². The lowest BCUT2D eigenvalue weighted by Gasteiger charge is -2.27. The van der Waals surface area contributed by atoms with Gasteiger partial charge in [0, 0.05) is 28.3 Å². The number of hydrogen-bond acceptors (Lipinski definition) is 4. The number of hydrogen-bond donors (Lipinski definition) is 1. The molecule has 0 aromatic heterocycles. The fraction of sp³-hybridized carbons (Fsp3) is 0.278. The van der Waals surface area contributed by atoms with Crippen molar-refractivity contribution < 1.29 is 17.9 Å². The van der Waals surface area contributed by atoms with Crippen molar-refractivity contribution in [1.29, 1.82) is 0 Å². The molecule has 0 bridgehead atoms. The van der Waals surface area contributed by atoms with E-state index in [2.05, 4.69) is 21.2 Å². The molecule has 1 atom stereocenters. The quantitative estimate of drug-likeness (QED) is 0.818. The Morgan fingerprint density at radius 3 is 2.64 bits per heavy atom. The van der Waals surface area contributed by atoms with E-state index >= 15 is 0 Å². The molecule has 1 aliphatic heterocycles. The molecule has 0 saturated heterocycles. The number of ether oxygens (including phenoxy) is 1. The van der Waals surface area contributed by atoms with Gasteiger partial charge in [0.15, 0.2) is 9.84 Å². The van der Waals surface area contributed by atoms with Gasteiger partial charge in [-0.15, -0.1) is 0 Å². The van der Waals surface area contributed by atoms with Crippen LogP contribution >= 0.6 is 15.9 Å². The lowest BCUT2D eigenvalue weighted by molar-refractivity contribution is 0.0924. The minimum Gasteiger partial charge on any atom is -0.493 e. The summed E-state index contributed by atoms with van der Waals surface area (Å²) in [5.74, 6) is 0.558. The van der Waals surface area contributed by atoms with Gasteiger partial charge in [-0.3, -0.25) is 4.79 Å². The molecule has 1 aliphatic rings. The first-order valence-electron chi connectivity index (χ1n) is 7.81. The number of rotatable bonds is 4. The van der Waals surface area contributed by atoms with E-state index in [1.165, 1.54) is 6.26 Å². The molecule has 0 spiro atoms. The minimum absolute atomic E-state index is 0.0315. The molecule has 2 aromatic carbocycles. The summed E-state index contributed by atoms with van der Waals surface area (Å²) in [7, 11) is -3.09. The Hall–Kier alpha value is -1.86. The summed E-state index contributed by atoms with van der Waals surface area (Å²) in [6, 6.07) is 12.3. The first-order chi connectivity index (χ1) is 11.8. The zero-order valence-electron chi connectivity index (χ0n) is 13.7. The van der Waals surface area contributed by atoms with E-state index in [0.717, 1.165) is 15.8 Å². The molecular formula is C18H18BrNO4S. The summed E-state index contributed by atoms with van der Waals surface area (Å²) in [6.07, 6.45) is 1.88. The monoisotopic (exact) mass is 423 g/mol. The molecule has 5 nitrogen and oxygen atoms in total. The predicted molar refractivity (Wildman–Crippen MR) is 99.5 cm³/mol. The van der Waals surface area contributed by atoms with Gasteiger partial charge in [0.05, 0.1) is 18.4 Å². The van der Waals surface area contributed by atoms with Crippen molar-refractivity contribution in [3.63, 3.8) is 0 Å². The molecule has 2 aromatic rings. The summed E-state index contributed by atoms with van der Waals surface area (Å²) < 4.78 is 29.2. The van der Waals surface area contributed by atoms with Crippen LogP contribution in [0.5, 0.6) is 5.75 Å².